The number of nitrogens with zero attached hydrogens (tertiary/aromatic N) is 2. The molecule has 1 N–H and O–H groups in total. The normalized spacial score (nSPS) is 18.2. The number of hydrogen-bond acceptors (Lipinski definition) is 3. The van der Waals surface area contributed by atoms with Gasteiger partial charge in [0.05, 0.1) is 5.52 Å². The number of anilines is 1. The standard InChI is InChI=1S/C16H18ClN3O/c1-2-16(21)20-8-6-12(10-20)19-15-5-7-18-14-4-3-11(17)9-13(14)15/h3-5,7,9,12H,2,6,8,10H2,1H3,(H,18,19). The van der Waals surface area contributed by atoms with Crippen LogP contribution < -0.4 is 5.32 Å². The van der Waals surface area contributed by atoms with Crippen LogP contribution in [0.5, 0.6) is 0 Å². The van der Waals surface area contributed by atoms with Gasteiger partial charge in [0, 0.05) is 47.8 Å². The van der Waals surface area contributed by atoms with Crippen molar-refractivity contribution in [1.82, 2.24) is 9.88 Å². The van der Waals surface area contributed by atoms with Crippen molar-refractivity contribution in [2.24, 2.45) is 0 Å². The summed E-state index contributed by atoms with van der Waals surface area (Å²) in [5.74, 6) is 0.224. The molecule has 1 unspecified atom stereocenters. The summed E-state index contributed by atoms with van der Waals surface area (Å²) < 4.78 is 0. The predicted molar refractivity (Wildman–Crippen MR) is 85.7 cm³/mol. The van der Waals surface area contributed by atoms with Gasteiger partial charge in [0.25, 0.3) is 0 Å². The van der Waals surface area contributed by atoms with E-state index in [-0.39, 0.29) is 11.9 Å². The Morgan fingerprint density at radius 1 is 1.48 bits per heavy atom. The third kappa shape index (κ3) is 2.95. The molecule has 3 rings (SSSR count). The number of halogens is 1. The van der Waals surface area contributed by atoms with Gasteiger partial charge in [-0.3, -0.25) is 9.78 Å². The highest BCUT2D eigenvalue weighted by molar-refractivity contribution is 6.31. The number of nitrogens with one attached hydrogen (secondary N) is 1. The van der Waals surface area contributed by atoms with E-state index in [1.165, 1.54) is 0 Å². The minimum Gasteiger partial charge on any atom is -0.380 e. The van der Waals surface area contributed by atoms with Crippen LogP contribution in [0, 0.1) is 0 Å². The first kappa shape index (κ1) is 14.1. The second kappa shape index (κ2) is 5.90. The SMILES string of the molecule is CCC(=O)N1CCC(Nc2ccnc3ccc(Cl)cc23)C1. The fraction of sp³-hybridized carbons (Fsp3) is 0.375. The number of pyridine rings is 1. The van der Waals surface area contributed by atoms with E-state index in [4.69, 9.17) is 11.6 Å². The Labute approximate surface area is 129 Å². The minimum absolute atomic E-state index is 0.224. The maximum atomic E-state index is 11.7. The highest BCUT2D eigenvalue weighted by Gasteiger charge is 2.25. The van der Waals surface area contributed by atoms with Crippen LogP contribution in [-0.2, 0) is 4.79 Å². The summed E-state index contributed by atoms with van der Waals surface area (Å²) in [7, 11) is 0. The van der Waals surface area contributed by atoms with E-state index >= 15 is 0 Å². The summed E-state index contributed by atoms with van der Waals surface area (Å²) in [6.45, 7) is 3.49. The van der Waals surface area contributed by atoms with E-state index in [2.05, 4.69) is 10.3 Å². The monoisotopic (exact) mass is 303 g/mol. The molecule has 1 aromatic carbocycles. The Bertz CT molecular complexity index is 674. The van der Waals surface area contributed by atoms with E-state index < -0.39 is 0 Å². The molecule has 4 nitrogen and oxygen atoms in total. The quantitative estimate of drug-likeness (QED) is 0.946. The smallest absolute Gasteiger partial charge is 0.222 e. The summed E-state index contributed by atoms with van der Waals surface area (Å²) in [6.07, 6.45) is 3.33. The summed E-state index contributed by atoms with van der Waals surface area (Å²) in [4.78, 5) is 18.0. The largest absolute Gasteiger partial charge is 0.380 e. The van der Waals surface area contributed by atoms with Gasteiger partial charge in [0.2, 0.25) is 5.91 Å². The molecular formula is C16H18ClN3O. The molecule has 2 aromatic rings. The zero-order valence-electron chi connectivity index (χ0n) is 12.0. The van der Waals surface area contributed by atoms with Gasteiger partial charge < -0.3 is 10.2 Å². The summed E-state index contributed by atoms with van der Waals surface area (Å²) in [5.41, 5.74) is 1.95. The molecule has 0 saturated carbocycles. The molecular weight excluding hydrogens is 286 g/mol. The van der Waals surface area contributed by atoms with Gasteiger partial charge in [-0.2, -0.15) is 0 Å². The lowest BCUT2D eigenvalue weighted by molar-refractivity contribution is -0.129. The van der Waals surface area contributed by atoms with Crippen molar-refractivity contribution in [2.75, 3.05) is 18.4 Å². The van der Waals surface area contributed by atoms with Gasteiger partial charge in [0.15, 0.2) is 0 Å². The Balaban J connectivity index is 1.80. The first-order chi connectivity index (χ1) is 10.2. The van der Waals surface area contributed by atoms with Crippen molar-refractivity contribution in [3.8, 4) is 0 Å². The number of rotatable bonds is 3. The van der Waals surface area contributed by atoms with E-state index in [0.29, 0.717) is 11.4 Å². The van der Waals surface area contributed by atoms with Gasteiger partial charge in [0.1, 0.15) is 0 Å². The second-order valence-electron chi connectivity index (χ2n) is 5.34. The average Bonchev–Trinajstić information content (AvgIpc) is 2.95. The van der Waals surface area contributed by atoms with Crippen LogP contribution in [0.4, 0.5) is 5.69 Å². The Morgan fingerprint density at radius 3 is 3.14 bits per heavy atom. The van der Waals surface area contributed by atoms with Crippen LogP contribution in [0.15, 0.2) is 30.5 Å². The third-order valence-corrected chi connectivity index (χ3v) is 4.14. The molecule has 21 heavy (non-hydrogen) atoms. The van der Waals surface area contributed by atoms with Gasteiger partial charge in [-0.15, -0.1) is 0 Å². The maximum Gasteiger partial charge on any atom is 0.222 e. The zero-order valence-corrected chi connectivity index (χ0v) is 12.7. The molecule has 110 valence electrons. The molecule has 1 amide bonds. The van der Waals surface area contributed by atoms with Crippen molar-refractivity contribution < 1.29 is 4.79 Å². The molecule has 0 spiro atoms. The lowest BCUT2D eigenvalue weighted by Gasteiger charge is -2.18. The molecule has 1 aromatic heterocycles. The summed E-state index contributed by atoms with van der Waals surface area (Å²) >= 11 is 6.08. The number of benzene rings is 1. The van der Waals surface area contributed by atoms with Crippen LogP contribution >= 0.6 is 11.6 Å². The molecule has 1 fully saturated rings. The Morgan fingerprint density at radius 2 is 2.33 bits per heavy atom. The van der Waals surface area contributed by atoms with Crippen LogP contribution in [-0.4, -0.2) is 34.9 Å². The number of carbonyl (C=O) groups is 1. The number of carbonyl (C=O) groups excluding carboxylic acids is 1. The zero-order chi connectivity index (χ0) is 14.8. The van der Waals surface area contributed by atoms with Gasteiger partial charge >= 0.3 is 0 Å². The number of amides is 1. The van der Waals surface area contributed by atoms with E-state index in [1.54, 1.807) is 6.20 Å². The average molecular weight is 304 g/mol. The van der Waals surface area contributed by atoms with Crippen molar-refractivity contribution in [3.05, 3.63) is 35.5 Å². The summed E-state index contributed by atoms with van der Waals surface area (Å²) in [5, 5.41) is 5.25. The highest BCUT2D eigenvalue weighted by Crippen LogP contribution is 2.26. The predicted octanol–water partition coefficient (Wildman–Crippen LogP) is 3.31. The van der Waals surface area contributed by atoms with Gasteiger partial charge in [-0.05, 0) is 30.7 Å². The number of fused-ring (bicyclic) bond motifs is 1. The molecule has 1 aliphatic heterocycles. The molecule has 1 aliphatic rings. The summed E-state index contributed by atoms with van der Waals surface area (Å²) in [6, 6.07) is 7.94. The molecule has 0 bridgehead atoms. The van der Waals surface area contributed by atoms with Crippen molar-refractivity contribution >= 4 is 34.1 Å². The number of aromatic nitrogens is 1. The van der Waals surface area contributed by atoms with Crippen molar-refractivity contribution in [1.29, 1.82) is 0 Å². The highest BCUT2D eigenvalue weighted by atomic mass is 35.5. The van der Waals surface area contributed by atoms with Crippen molar-refractivity contribution in [3.63, 3.8) is 0 Å². The fourth-order valence-electron chi connectivity index (χ4n) is 2.79. The molecule has 2 heterocycles. The Kier molecular flexibility index (Phi) is 3.97. The topological polar surface area (TPSA) is 45.2 Å². The molecule has 0 aliphatic carbocycles. The first-order valence-corrected chi connectivity index (χ1v) is 7.63. The van der Waals surface area contributed by atoms with Crippen LogP contribution in [0.3, 0.4) is 0 Å². The van der Waals surface area contributed by atoms with Gasteiger partial charge in [-0.1, -0.05) is 18.5 Å². The van der Waals surface area contributed by atoms with Crippen molar-refractivity contribution in [2.45, 2.75) is 25.8 Å². The van der Waals surface area contributed by atoms with Gasteiger partial charge in [-0.25, -0.2) is 0 Å². The lowest BCUT2D eigenvalue weighted by atomic mass is 10.1. The van der Waals surface area contributed by atoms with Crippen LogP contribution in [0.1, 0.15) is 19.8 Å². The molecule has 0 radical (unpaired) electrons. The molecule has 1 saturated heterocycles. The number of likely N-dealkylation sites (tertiary alicyclic amines) is 1. The maximum absolute atomic E-state index is 11.7. The fourth-order valence-corrected chi connectivity index (χ4v) is 2.96. The van der Waals surface area contributed by atoms with Crippen LogP contribution in [0.2, 0.25) is 5.02 Å². The minimum atomic E-state index is 0.224. The van der Waals surface area contributed by atoms with Crippen LogP contribution in [0.25, 0.3) is 10.9 Å². The second-order valence-corrected chi connectivity index (χ2v) is 5.78. The van der Waals surface area contributed by atoms with E-state index in [9.17, 15) is 4.79 Å². The first-order valence-electron chi connectivity index (χ1n) is 7.26. The third-order valence-electron chi connectivity index (χ3n) is 3.91. The van der Waals surface area contributed by atoms with E-state index in [1.807, 2.05) is 36.1 Å². The molecule has 5 heteroatoms. The number of hydrogen-bond donors (Lipinski definition) is 1. The molecule has 1 atom stereocenters. The van der Waals surface area contributed by atoms with E-state index in [0.717, 1.165) is 36.1 Å². The Hall–Kier alpha value is -1.81. The lowest BCUT2D eigenvalue weighted by Crippen LogP contribution is -2.30.